The van der Waals surface area contributed by atoms with E-state index in [0.29, 0.717) is 12.1 Å². The molecule has 0 fully saturated rings. The zero-order valence-electron chi connectivity index (χ0n) is 10.1. The van der Waals surface area contributed by atoms with Gasteiger partial charge in [-0.1, -0.05) is 12.1 Å². The Hall–Kier alpha value is -1.46. The van der Waals surface area contributed by atoms with E-state index < -0.39 is 11.9 Å². The lowest BCUT2D eigenvalue weighted by Gasteiger charge is -2.17. The molecular weight excluding hydrogens is 221 g/mol. The third kappa shape index (κ3) is 4.50. The van der Waals surface area contributed by atoms with Crippen molar-refractivity contribution >= 4 is 5.91 Å². The number of amides is 1. The van der Waals surface area contributed by atoms with Gasteiger partial charge in [-0.3, -0.25) is 4.79 Å². The molecule has 0 bridgehead atoms. The third-order valence-electron chi connectivity index (χ3n) is 2.40. The van der Waals surface area contributed by atoms with Crippen LogP contribution in [0.4, 0.5) is 4.39 Å². The van der Waals surface area contributed by atoms with E-state index in [9.17, 15) is 9.18 Å². The van der Waals surface area contributed by atoms with Crippen molar-refractivity contribution in [2.24, 2.45) is 5.73 Å². The summed E-state index contributed by atoms with van der Waals surface area (Å²) in [5.41, 5.74) is 5.99. The van der Waals surface area contributed by atoms with Crippen LogP contribution >= 0.6 is 0 Å². The van der Waals surface area contributed by atoms with Crippen LogP contribution in [-0.4, -0.2) is 38.0 Å². The number of benzene rings is 1. The topological polar surface area (TPSA) is 58.4 Å². The highest BCUT2D eigenvalue weighted by Crippen LogP contribution is 2.12. The predicted molar refractivity (Wildman–Crippen MR) is 64.9 cm³/mol. The Morgan fingerprint density at radius 2 is 2.00 bits per heavy atom. The molecule has 0 aliphatic carbocycles. The van der Waals surface area contributed by atoms with Crippen LogP contribution in [0.1, 0.15) is 11.6 Å². The van der Waals surface area contributed by atoms with Crippen molar-refractivity contribution in [1.29, 1.82) is 0 Å². The van der Waals surface area contributed by atoms with Crippen LogP contribution in [-0.2, 0) is 4.79 Å². The van der Waals surface area contributed by atoms with Gasteiger partial charge in [0.1, 0.15) is 11.9 Å². The first kappa shape index (κ1) is 13.6. The van der Waals surface area contributed by atoms with Gasteiger partial charge in [-0.25, -0.2) is 4.39 Å². The second-order valence-electron chi connectivity index (χ2n) is 4.14. The molecule has 94 valence electrons. The van der Waals surface area contributed by atoms with E-state index in [1.165, 1.54) is 12.1 Å². The maximum Gasteiger partial charge on any atom is 0.239 e. The number of hydrogen-bond donors (Lipinski definition) is 2. The monoisotopic (exact) mass is 239 g/mol. The Labute approximate surface area is 101 Å². The number of nitrogens with two attached hydrogens (primary N) is 1. The number of likely N-dealkylation sites (N-methyl/N-ethyl adjacent to an activating group) is 1. The molecule has 3 N–H and O–H groups in total. The van der Waals surface area contributed by atoms with Crippen LogP contribution in [0.15, 0.2) is 24.3 Å². The summed E-state index contributed by atoms with van der Waals surface area (Å²) in [6.45, 7) is 1.43. The predicted octanol–water partition coefficient (Wildman–Crippen LogP) is 0.503. The standard InChI is InChI=1S/C12H18FN3O/c1-16(2)8-7-15-11(12(14)17)9-3-5-10(13)6-4-9/h3-6,11,15H,7-8H2,1-2H3,(H2,14,17). The van der Waals surface area contributed by atoms with E-state index in [-0.39, 0.29) is 5.82 Å². The average molecular weight is 239 g/mol. The Balaban J connectivity index is 2.66. The number of hydrogen-bond acceptors (Lipinski definition) is 3. The van der Waals surface area contributed by atoms with E-state index in [1.54, 1.807) is 12.1 Å². The molecule has 1 rings (SSSR count). The summed E-state index contributed by atoms with van der Waals surface area (Å²) in [5, 5.41) is 3.05. The van der Waals surface area contributed by atoms with Gasteiger partial charge >= 0.3 is 0 Å². The van der Waals surface area contributed by atoms with E-state index in [4.69, 9.17) is 5.73 Å². The quantitative estimate of drug-likeness (QED) is 0.760. The molecular formula is C12H18FN3O. The van der Waals surface area contributed by atoms with Gasteiger partial charge in [0.2, 0.25) is 5.91 Å². The average Bonchev–Trinajstić information content (AvgIpc) is 2.25. The van der Waals surface area contributed by atoms with Gasteiger partial charge in [-0.2, -0.15) is 0 Å². The van der Waals surface area contributed by atoms with Crippen LogP contribution in [0.3, 0.4) is 0 Å². The molecule has 0 saturated heterocycles. The molecule has 1 aromatic carbocycles. The fourth-order valence-corrected chi connectivity index (χ4v) is 1.47. The number of nitrogens with one attached hydrogen (secondary N) is 1. The van der Waals surface area contributed by atoms with Gasteiger partial charge in [0, 0.05) is 13.1 Å². The molecule has 4 nitrogen and oxygen atoms in total. The lowest BCUT2D eigenvalue weighted by Crippen LogP contribution is -2.37. The molecule has 17 heavy (non-hydrogen) atoms. The summed E-state index contributed by atoms with van der Waals surface area (Å²) in [4.78, 5) is 13.3. The lowest BCUT2D eigenvalue weighted by atomic mass is 10.1. The third-order valence-corrected chi connectivity index (χ3v) is 2.40. The minimum absolute atomic E-state index is 0.328. The van der Waals surface area contributed by atoms with E-state index in [1.807, 2.05) is 19.0 Å². The molecule has 0 radical (unpaired) electrons. The summed E-state index contributed by atoms with van der Waals surface area (Å²) in [5.74, 6) is -0.791. The number of carbonyl (C=O) groups excluding carboxylic acids is 1. The first-order chi connectivity index (χ1) is 8.00. The molecule has 0 aromatic heterocycles. The molecule has 1 atom stereocenters. The molecule has 0 spiro atoms. The van der Waals surface area contributed by atoms with Crippen molar-refractivity contribution < 1.29 is 9.18 Å². The normalized spacial score (nSPS) is 12.7. The highest BCUT2D eigenvalue weighted by molar-refractivity contribution is 5.81. The zero-order valence-corrected chi connectivity index (χ0v) is 10.1. The largest absolute Gasteiger partial charge is 0.368 e. The number of nitrogens with zero attached hydrogens (tertiary/aromatic N) is 1. The first-order valence-corrected chi connectivity index (χ1v) is 5.43. The molecule has 0 heterocycles. The van der Waals surface area contributed by atoms with Crippen LogP contribution in [0.2, 0.25) is 0 Å². The number of carbonyl (C=O) groups is 1. The van der Waals surface area contributed by atoms with Crippen molar-refractivity contribution in [3.05, 3.63) is 35.6 Å². The van der Waals surface area contributed by atoms with Gasteiger partial charge < -0.3 is 16.0 Å². The Morgan fingerprint density at radius 1 is 1.41 bits per heavy atom. The summed E-state index contributed by atoms with van der Waals surface area (Å²) in [7, 11) is 3.89. The molecule has 0 aliphatic heterocycles. The number of primary amides is 1. The lowest BCUT2D eigenvalue weighted by molar-refractivity contribution is -0.120. The molecule has 5 heteroatoms. The van der Waals surface area contributed by atoms with Gasteiger partial charge in [-0.05, 0) is 31.8 Å². The van der Waals surface area contributed by atoms with Crippen LogP contribution in [0.25, 0.3) is 0 Å². The van der Waals surface area contributed by atoms with Crippen LogP contribution in [0.5, 0.6) is 0 Å². The maximum atomic E-state index is 12.8. The van der Waals surface area contributed by atoms with E-state index >= 15 is 0 Å². The molecule has 1 aromatic rings. The van der Waals surface area contributed by atoms with E-state index in [0.717, 1.165) is 6.54 Å². The fraction of sp³-hybridized carbons (Fsp3) is 0.417. The fourth-order valence-electron chi connectivity index (χ4n) is 1.47. The zero-order chi connectivity index (χ0) is 12.8. The Morgan fingerprint density at radius 3 is 2.47 bits per heavy atom. The van der Waals surface area contributed by atoms with Crippen LogP contribution in [0, 0.1) is 5.82 Å². The summed E-state index contributed by atoms with van der Waals surface area (Å²) in [6, 6.07) is 5.19. The van der Waals surface area contributed by atoms with Crippen molar-refractivity contribution in [1.82, 2.24) is 10.2 Å². The number of rotatable bonds is 6. The SMILES string of the molecule is CN(C)CCNC(C(N)=O)c1ccc(F)cc1. The van der Waals surface area contributed by atoms with E-state index in [2.05, 4.69) is 5.32 Å². The van der Waals surface area contributed by atoms with Crippen molar-refractivity contribution in [2.45, 2.75) is 6.04 Å². The molecule has 0 saturated carbocycles. The van der Waals surface area contributed by atoms with Crippen molar-refractivity contribution in [3.63, 3.8) is 0 Å². The highest BCUT2D eigenvalue weighted by Gasteiger charge is 2.16. The van der Waals surface area contributed by atoms with Gasteiger partial charge in [0.15, 0.2) is 0 Å². The summed E-state index contributed by atoms with van der Waals surface area (Å²) < 4.78 is 12.8. The second-order valence-corrected chi connectivity index (χ2v) is 4.14. The van der Waals surface area contributed by atoms with Crippen LogP contribution < -0.4 is 11.1 Å². The Bertz CT molecular complexity index is 365. The van der Waals surface area contributed by atoms with Gasteiger partial charge in [0.25, 0.3) is 0 Å². The maximum absolute atomic E-state index is 12.8. The molecule has 0 aliphatic rings. The minimum Gasteiger partial charge on any atom is -0.368 e. The molecule has 1 amide bonds. The minimum atomic E-state index is -0.574. The Kier molecular flexibility index (Phi) is 5.06. The summed E-state index contributed by atoms with van der Waals surface area (Å²) >= 11 is 0. The van der Waals surface area contributed by atoms with Crippen molar-refractivity contribution in [2.75, 3.05) is 27.2 Å². The smallest absolute Gasteiger partial charge is 0.239 e. The molecule has 1 unspecified atom stereocenters. The first-order valence-electron chi connectivity index (χ1n) is 5.43. The van der Waals surface area contributed by atoms with Gasteiger partial charge in [-0.15, -0.1) is 0 Å². The highest BCUT2D eigenvalue weighted by atomic mass is 19.1. The van der Waals surface area contributed by atoms with Gasteiger partial charge in [0.05, 0.1) is 0 Å². The number of halogens is 1. The van der Waals surface area contributed by atoms with Crippen molar-refractivity contribution in [3.8, 4) is 0 Å². The summed E-state index contributed by atoms with van der Waals surface area (Å²) in [6.07, 6.45) is 0. The second kappa shape index (κ2) is 6.32.